The van der Waals surface area contributed by atoms with E-state index in [2.05, 4.69) is 21.2 Å². The third-order valence-electron chi connectivity index (χ3n) is 3.97. The van der Waals surface area contributed by atoms with Crippen LogP contribution in [0.5, 0.6) is 0 Å². The molecule has 24 heavy (non-hydrogen) atoms. The van der Waals surface area contributed by atoms with Crippen molar-refractivity contribution >= 4 is 21.8 Å². The molecule has 0 radical (unpaired) electrons. The standard InChI is InChI=1S/C18H24BrN3O2/c1-13(12-24-4)10-22-11-16(9-20-2)21(3)17(18(22)23)14-6-5-7-15(19)8-14/h5-9,12,17,20H,10-11H2,1-4H3/b13-12+,16-9-. The van der Waals surface area contributed by atoms with E-state index in [0.717, 1.165) is 21.3 Å². The Morgan fingerprint density at radius 2 is 2.25 bits per heavy atom. The summed E-state index contributed by atoms with van der Waals surface area (Å²) in [6, 6.07) is 7.56. The number of piperazine rings is 1. The largest absolute Gasteiger partial charge is 0.504 e. The molecule has 0 bridgehead atoms. The second-order valence-electron chi connectivity index (χ2n) is 5.89. The molecule has 1 atom stereocenters. The van der Waals surface area contributed by atoms with E-state index in [1.165, 1.54) is 0 Å². The highest BCUT2D eigenvalue weighted by Gasteiger charge is 2.36. The van der Waals surface area contributed by atoms with E-state index in [4.69, 9.17) is 4.74 Å². The molecule has 1 fully saturated rings. The van der Waals surface area contributed by atoms with Crippen LogP contribution >= 0.6 is 15.9 Å². The van der Waals surface area contributed by atoms with Crippen molar-refractivity contribution in [3.63, 3.8) is 0 Å². The molecule has 1 N–H and O–H groups in total. The van der Waals surface area contributed by atoms with Crippen LogP contribution in [-0.4, -0.2) is 50.0 Å². The molecule has 0 aromatic heterocycles. The number of carbonyl (C=O) groups is 1. The second-order valence-corrected chi connectivity index (χ2v) is 6.80. The van der Waals surface area contributed by atoms with Crippen molar-refractivity contribution in [1.82, 2.24) is 15.1 Å². The Morgan fingerprint density at radius 1 is 1.50 bits per heavy atom. The highest BCUT2D eigenvalue weighted by atomic mass is 79.9. The second kappa shape index (κ2) is 8.24. The maximum Gasteiger partial charge on any atom is 0.250 e. The molecular formula is C18H24BrN3O2. The van der Waals surface area contributed by atoms with E-state index < -0.39 is 0 Å². The van der Waals surface area contributed by atoms with Crippen LogP contribution in [0.2, 0.25) is 0 Å². The van der Waals surface area contributed by atoms with Crippen molar-refractivity contribution < 1.29 is 9.53 Å². The first-order valence-electron chi connectivity index (χ1n) is 7.79. The Balaban J connectivity index is 2.38. The van der Waals surface area contributed by atoms with Crippen LogP contribution in [0, 0.1) is 0 Å². The molecule has 0 spiro atoms. The van der Waals surface area contributed by atoms with Gasteiger partial charge < -0.3 is 19.9 Å². The summed E-state index contributed by atoms with van der Waals surface area (Å²) in [6.07, 6.45) is 3.63. The normalized spacial score (nSPS) is 20.5. The summed E-state index contributed by atoms with van der Waals surface area (Å²) in [7, 11) is 5.44. The Bertz CT molecular complexity index is 657. The van der Waals surface area contributed by atoms with Crippen LogP contribution in [0.4, 0.5) is 0 Å². The molecule has 1 aromatic rings. The van der Waals surface area contributed by atoms with Gasteiger partial charge in [-0.15, -0.1) is 0 Å². The minimum Gasteiger partial charge on any atom is -0.504 e. The molecular weight excluding hydrogens is 370 g/mol. The van der Waals surface area contributed by atoms with Gasteiger partial charge in [0, 0.05) is 37.0 Å². The summed E-state index contributed by atoms with van der Waals surface area (Å²) in [6.45, 7) is 3.08. The molecule has 1 aliphatic heterocycles. The fourth-order valence-corrected chi connectivity index (χ4v) is 3.34. The van der Waals surface area contributed by atoms with Crippen molar-refractivity contribution in [3.05, 3.63) is 58.0 Å². The third-order valence-corrected chi connectivity index (χ3v) is 4.47. The number of methoxy groups -OCH3 is 1. The summed E-state index contributed by atoms with van der Waals surface area (Å²) >= 11 is 3.49. The molecule has 1 heterocycles. The van der Waals surface area contributed by atoms with Crippen molar-refractivity contribution in [2.75, 3.05) is 34.3 Å². The number of ether oxygens (including phenoxy) is 1. The lowest BCUT2D eigenvalue weighted by Crippen LogP contribution is -2.50. The number of amides is 1. The molecule has 1 unspecified atom stereocenters. The summed E-state index contributed by atoms with van der Waals surface area (Å²) in [4.78, 5) is 17.0. The molecule has 1 aromatic carbocycles. The zero-order chi connectivity index (χ0) is 17.7. The van der Waals surface area contributed by atoms with E-state index in [1.807, 2.05) is 61.3 Å². The maximum atomic E-state index is 13.1. The first-order valence-corrected chi connectivity index (χ1v) is 8.59. The number of benzene rings is 1. The average Bonchev–Trinajstić information content (AvgIpc) is 2.53. The van der Waals surface area contributed by atoms with Crippen LogP contribution in [0.15, 0.2) is 52.5 Å². The first-order chi connectivity index (χ1) is 11.5. The van der Waals surface area contributed by atoms with Gasteiger partial charge in [0.2, 0.25) is 0 Å². The number of hydrogen-bond acceptors (Lipinski definition) is 4. The van der Waals surface area contributed by atoms with Gasteiger partial charge in [0.25, 0.3) is 5.91 Å². The van der Waals surface area contributed by atoms with Gasteiger partial charge in [-0.25, -0.2) is 0 Å². The van der Waals surface area contributed by atoms with E-state index in [9.17, 15) is 4.79 Å². The monoisotopic (exact) mass is 393 g/mol. The average molecular weight is 394 g/mol. The van der Waals surface area contributed by atoms with Crippen LogP contribution in [0.3, 0.4) is 0 Å². The van der Waals surface area contributed by atoms with Gasteiger partial charge in [-0.3, -0.25) is 4.79 Å². The van der Waals surface area contributed by atoms with Crippen LogP contribution < -0.4 is 5.32 Å². The Kier molecular flexibility index (Phi) is 6.31. The van der Waals surface area contributed by atoms with Crippen LogP contribution in [-0.2, 0) is 9.53 Å². The smallest absolute Gasteiger partial charge is 0.250 e. The first kappa shape index (κ1) is 18.4. The van der Waals surface area contributed by atoms with Crippen molar-refractivity contribution in [2.45, 2.75) is 13.0 Å². The summed E-state index contributed by atoms with van der Waals surface area (Å²) in [5.74, 6) is 0.0905. The zero-order valence-electron chi connectivity index (χ0n) is 14.5. The third kappa shape index (κ3) is 4.12. The van der Waals surface area contributed by atoms with Crippen molar-refractivity contribution in [1.29, 1.82) is 0 Å². The van der Waals surface area contributed by atoms with Gasteiger partial charge in [0.05, 0.1) is 19.9 Å². The fourth-order valence-electron chi connectivity index (χ4n) is 2.92. The number of carbonyl (C=O) groups excluding carboxylic acids is 1. The number of hydrogen-bond donors (Lipinski definition) is 1. The summed E-state index contributed by atoms with van der Waals surface area (Å²) < 4.78 is 6.03. The molecule has 1 saturated heterocycles. The minimum atomic E-state index is -0.341. The lowest BCUT2D eigenvalue weighted by atomic mass is 10.0. The van der Waals surface area contributed by atoms with Crippen molar-refractivity contribution in [3.8, 4) is 0 Å². The van der Waals surface area contributed by atoms with Crippen LogP contribution in [0.25, 0.3) is 0 Å². The Morgan fingerprint density at radius 3 is 2.88 bits per heavy atom. The predicted molar refractivity (Wildman–Crippen MR) is 99.1 cm³/mol. The van der Waals surface area contributed by atoms with Gasteiger partial charge >= 0.3 is 0 Å². The number of nitrogens with zero attached hydrogens (tertiary/aromatic N) is 2. The molecule has 130 valence electrons. The van der Waals surface area contributed by atoms with Crippen molar-refractivity contribution in [2.24, 2.45) is 0 Å². The molecule has 1 aliphatic rings. The quantitative estimate of drug-likeness (QED) is 0.781. The summed E-state index contributed by atoms with van der Waals surface area (Å²) in [5.41, 5.74) is 3.04. The fraction of sp³-hybridized carbons (Fsp3) is 0.389. The Labute approximate surface area is 152 Å². The van der Waals surface area contributed by atoms with Gasteiger partial charge in [0.15, 0.2) is 0 Å². The topological polar surface area (TPSA) is 44.8 Å². The highest BCUT2D eigenvalue weighted by Crippen LogP contribution is 2.31. The lowest BCUT2D eigenvalue weighted by molar-refractivity contribution is -0.138. The SMILES string of the molecule is CN/C=C1/CN(C/C(C)=C/OC)C(=O)C(c2cccc(Br)c2)N1C. The number of rotatable bonds is 5. The predicted octanol–water partition coefficient (Wildman–Crippen LogP) is 2.88. The zero-order valence-corrected chi connectivity index (χ0v) is 16.1. The van der Waals surface area contributed by atoms with E-state index >= 15 is 0 Å². The van der Waals surface area contributed by atoms with Gasteiger partial charge in [0.1, 0.15) is 6.04 Å². The molecule has 5 nitrogen and oxygen atoms in total. The van der Waals surface area contributed by atoms with E-state index in [-0.39, 0.29) is 11.9 Å². The van der Waals surface area contributed by atoms with Gasteiger partial charge in [-0.2, -0.15) is 0 Å². The highest BCUT2D eigenvalue weighted by molar-refractivity contribution is 9.10. The lowest BCUT2D eigenvalue weighted by Gasteiger charge is -2.42. The summed E-state index contributed by atoms with van der Waals surface area (Å²) in [5, 5.41) is 3.07. The van der Waals surface area contributed by atoms with Gasteiger partial charge in [-0.1, -0.05) is 28.1 Å². The number of likely N-dealkylation sites (N-methyl/N-ethyl adjacent to an activating group) is 1. The maximum absolute atomic E-state index is 13.1. The van der Waals surface area contributed by atoms with Crippen LogP contribution in [0.1, 0.15) is 18.5 Å². The molecule has 6 heteroatoms. The van der Waals surface area contributed by atoms with Gasteiger partial charge in [-0.05, 0) is 30.2 Å². The molecule has 0 saturated carbocycles. The number of halogens is 1. The Hall–Kier alpha value is -1.95. The molecule has 2 rings (SSSR count). The molecule has 0 aliphatic carbocycles. The van der Waals surface area contributed by atoms with E-state index in [1.54, 1.807) is 13.4 Å². The number of nitrogens with one attached hydrogen (secondary N) is 1. The van der Waals surface area contributed by atoms with E-state index in [0.29, 0.717) is 13.1 Å². The minimum absolute atomic E-state index is 0.0905. The molecule has 1 amide bonds.